The van der Waals surface area contributed by atoms with E-state index in [0.717, 1.165) is 17.3 Å². The number of nitrogens with zero attached hydrogens (tertiary/aromatic N) is 1. The molecule has 3 rings (SSSR count). The van der Waals surface area contributed by atoms with Crippen LogP contribution >= 0.6 is 0 Å². The standard InChI is InChI=1S/C15H19N3O/c1-15(2)9-5-8-12(15)16-14(19)13-10-6-3-4-7-11(10)17-18-13/h3-4,6-7,12H,5,8-9H2,1-2H3,(H,16,19)(H,17,18). The van der Waals surface area contributed by atoms with Crippen molar-refractivity contribution in [3.8, 4) is 0 Å². The average Bonchev–Trinajstić information content (AvgIpc) is 2.93. The zero-order valence-corrected chi connectivity index (χ0v) is 11.4. The van der Waals surface area contributed by atoms with E-state index in [2.05, 4.69) is 29.4 Å². The lowest BCUT2D eigenvalue weighted by Crippen LogP contribution is -2.41. The van der Waals surface area contributed by atoms with E-state index in [1.54, 1.807) is 0 Å². The number of aromatic nitrogens is 2. The lowest BCUT2D eigenvalue weighted by molar-refractivity contribution is 0.0906. The minimum absolute atomic E-state index is 0.0718. The van der Waals surface area contributed by atoms with Crippen LogP contribution in [0.4, 0.5) is 0 Å². The van der Waals surface area contributed by atoms with Crippen LogP contribution in [0.2, 0.25) is 0 Å². The third-order valence-electron chi connectivity index (χ3n) is 4.25. The molecule has 4 nitrogen and oxygen atoms in total. The van der Waals surface area contributed by atoms with Crippen molar-refractivity contribution in [2.45, 2.75) is 39.2 Å². The molecule has 1 fully saturated rings. The first-order valence-electron chi connectivity index (χ1n) is 6.82. The largest absolute Gasteiger partial charge is 0.347 e. The quantitative estimate of drug-likeness (QED) is 0.869. The number of rotatable bonds is 2. The molecule has 0 saturated heterocycles. The summed E-state index contributed by atoms with van der Waals surface area (Å²) in [7, 11) is 0. The van der Waals surface area contributed by atoms with Gasteiger partial charge in [-0.25, -0.2) is 0 Å². The Morgan fingerprint density at radius 1 is 1.42 bits per heavy atom. The van der Waals surface area contributed by atoms with E-state index >= 15 is 0 Å². The Labute approximate surface area is 112 Å². The molecule has 1 heterocycles. The molecular formula is C15H19N3O. The second kappa shape index (κ2) is 4.37. The number of benzene rings is 1. The van der Waals surface area contributed by atoms with Gasteiger partial charge in [-0.05, 0) is 24.3 Å². The van der Waals surface area contributed by atoms with Gasteiger partial charge < -0.3 is 5.32 Å². The summed E-state index contributed by atoms with van der Waals surface area (Å²) in [4.78, 5) is 12.4. The molecule has 1 aliphatic carbocycles. The Kier molecular flexibility index (Phi) is 2.81. The maximum Gasteiger partial charge on any atom is 0.272 e. The molecule has 4 heteroatoms. The van der Waals surface area contributed by atoms with Crippen molar-refractivity contribution in [3.63, 3.8) is 0 Å². The minimum atomic E-state index is -0.0718. The van der Waals surface area contributed by atoms with Gasteiger partial charge in [0.25, 0.3) is 5.91 Å². The molecule has 1 unspecified atom stereocenters. The van der Waals surface area contributed by atoms with Crippen LogP contribution in [-0.4, -0.2) is 22.1 Å². The summed E-state index contributed by atoms with van der Waals surface area (Å²) >= 11 is 0. The first-order chi connectivity index (χ1) is 9.08. The SMILES string of the molecule is CC1(C)CCCC1NC(=O)c1n[nH]c2ccccc12. The van der Waals surface area contributed by atoms with Crippen LogP contribution in [0.5, 0.6) is 0 Å². The van der Waals surface area contributed by atoms with Crippen LogP contribution < -0.4 is 5.32 Å². The lowest BCUT2D eigenvalue weighted by Gasteiger charge is -2.27. The Bertz CT molecular complexity index is 615. The fraction of sp³-hybridized carbons (Fsp3) is 0.467. The van der Waals surface area contributed by atoms with Crippen molar-refractivity contribution in [2.75, 3.05) is 0 Å². The number of hydrogen-bond donors (Lipinski definition) is 2. The van der Waals surface area contributed by atoms with Crippen molar-refractivity contribution < 1.29 is 4.79 Å². The Morgan fingerprint density at radius 2 is 2.21 bits per heavy atom. The van der Waals surface area contributed by atoms with Gasteiger partial charge in [0.1, 0.15) is 0 Å². The Morgan fingerprint density at radius 3 is 2.95 bits per heavy atom. The molecule has 1 atom stereocenters. The first kappa shape index (κ1) is 12.2. The Balaban J connectivity index is 1.85. The highest BCUT2D eigenvalue weighted by molar-refractivity contribution is 6.04. The van der Waals surface area contributed by atoms with Crippen LogP contribution in [0.15, 0.2) is 24.3 Å². The Hall–Kier alpha value is -1.84. The molecule has 1 aliphatic rings. The third-order valence-corrected chi connectivity index (χ3v) is 4.25. The smallest absolute Gasteiger partial charge is 0.272 e. The number of hydrogen-bond acceptors (Lipinski definition) is 2. The summed E-state index contributed by atoms with van der Waals surface area (Å²) in [5.41, 5.74) is 1.58. The summed E-state index contributed by atoms with van der Waals surface area (Å²) in [5, 5.41) is 11.1. The monoisotopic (exact) mass is 257 g/mol. The van der Waals surface area contributed by atoms with Gasteiger partial charge in [0.15, 0.2) is 5.69 Å². The fourth-order valence-corrected chi connectivity index (χ4v) is 2.96. The molecule has 0 aliphatic heterocycles. The van der Waals surface area contributed by atoms with Crippen LogP contribution in [-0.2, 0) is 0 Å². The molecule has 19 heavy (non-hydrogen) atoms. The van der Waals surface area contributed by atoms with Crippen molar-refractivity contribution in [1.82, 2.24) is 15.5 Å². The van der Waals surface area contributed by atoms with Crippen molar-refractivity contribution >= 4 is 16.8 Å². The number of H-pyrrole nitrogens is 1. The zero-order valence-electron chi connectivity index (χ0n) is 11.4. The van der Waals surface area contributed by atoms with E-state index in [9.17, 15) is 4.79 Å². The molecule has 1 aromatic heterocycles. The van der Waals surface area contributed by atoms with E-state index in [-0.39, 0.29) is 17.4 Å². The maximum absolute atomic E-state index is 12.4. The second-order valence-corrected chi connectivity index (χ2v) is 6.02. The number of fused-ring (bicyclic) bond motifs is 1. The molecule has 1 amide bonds. The molecule has 1 saturated carbocycles. The van der Waals surface area contributed by atoms with Gasteiger partial charge in [-0.15, -0.1) is 0 Å². The summed E-state index contributed by atoms with van der Waals surface area (Å²) in [6.07, 6.45) is 3.40. The van der Waals surface area contributed by atoms with Gasteiger partial charge in [-0.1, -0.05) is 38.5 Å². The van der Waals surface area contributed by atoms with Gasteiger partial charge in [0.05, 0.1) is 5.52 Å². The molecule has 0 spiro atoms. The highest BCUT2D eigenvalue weighted by Crippen LogP contribution is 2.37. The van der Waals surface area contributed by atoms with Gasteiger partial charge in [0.2, 0.25) is 0 Å². The van der Waals surface area contributed by atoms with Gasteiger partial charge in [-0.2, -0.15) is 5.10 Å². The van der Waals surface area contributed by atoms with Crippen LogP contribution in [0.1, 0.15) is 43.6 Å². The molecule has 2 aromatic rings. The number of para-hydroxylation sites is 1. The van der Waals surface area contributed by atoms with Crippen molar-refractivity contribution in [1.29, 1.82) is 0 Å². The topological polar surface area (TPSA) is 57.8 Å². The average molecular weight is 257 g/mol. The molecule has 0 bridgehead atoms. The summed E-state index contributed by atoms with van der Waals surface area (Å²) in [6, 6.07) is 7.96. The molecular weight excluding hydrogens is 238 g/mol. The molecule has 0 radical (unpaired) electrons. The number of nitrogens with one attached hydrogen (secondary N) is 2. The van der Waals surface area contributed by atoms with E-state index in [0.29, 0.717) is 5.69 Å². The molecule has 1 aromatic carbocycles. The van der Waals surface area contributed by atoms with E-state index in [1.165, 1.54) is 12.8 Å². The number of aromatic amines is 1. The van der Waals surface area contributed by atoms with Crippen LogP contribution in [0.25, 0.3) is 10.9 Å². The molecule has 2 N–H and O–H groups in total. The second-order valence-electron chi connectivity index (χ2n) is 6.02. The predicted octanol–water partition coefficient (Wildman–Crippen LogP) is 2.87. The summed E-state index contributed by atoms with van der Waals surface area (Å²) in [5.74, 6) is -0.0718. The number of carbonyl (C=O) groups excluding carboxylic acids is 1. The number of amides is 1. The van der Waals surface area contributed by atoms with E-state index in [4.69, 9.17) is 0 Å². The highest BCUT2D eigenvalue weighted by atomic mass is 16.2. The van der Waals surface area contributed by atoms with Crippen molar-refractivity contribution in [3.05, 3.63) is 30.0 Å². The lowest BCUT2D eigenvalue weighted by atomic mass is 9.87. The highest BCUT2D eigenvalue weighted by Gasteiger charge is 2.35. The normalized spacial score (nSPS) is 21.7. The van der Waals surface area contributed by atoms with Crippen LogP contribution in [0, 0.1) is 5.41 Å². The maximum atomic E-state index is 12.4. The third kappa shape index (κ3) is 2.11. The predicted molar refractivity (Wildman–Crippen MR) is 75.0 cm³/mol. The first-order valence-corrected chi connectivity index (χ1v) is 6.82. The molecule has 100 valence electrons. The van der Waals surface area contributed by atoms with E-state index in [1.807, 2.05) is 24.3 Å². The van der Waals surface area contributed by atoms with Gasteiger partial charge in [0, 0.05) is 11.4 Å². The minimum Gasteiger partial charge on any atom is -0.347 e. The number of carbonyl (C=O) groups is 1. The van der Waals surface area contributed by atoms with Crippen molar-refractivity contribution in [2.24, 2.45) is 5.41 Å². The summed E-state index contributed by atoms with van der Waals surface area (Å²) < 4.78 is 0. The van der Waals surface area contributed by atoms with E-state index < -0.39 is 0 Å². The van der Waals surface area contributed by atoms with Crippen LogP contribution in [0.3, 0.4) is 0 Å². The summed E-state index contributed by atoms with van der Waals surface area (Å²) in [6.45, 7) is 4.43. The fourth-order valence-electron chi connectivity index (χ4n) is 2.96. The van der Waals surface area contributed by atoms with Gasteiger partial charge in [-0.3, -0.25) is 9.89 Å². The zero-order chi connectivity index (χ0) is 13.5. The van der Waals surface area contributed by atoms with Gasteiger partial charge >= 0.3 is 0 Å².